The largest absolute Gasteiger partial charge is 0.486 e. The Hall–Kier alpha value is -2.77. The number of amides is 1. The summed E-state index contributed by atoms with van der Waals surface area (Å²) in [4.78, 5) is 12.4. The maximum absolute atomic E-state index is 12.4. The minimum atomic E-state index is -0.101. The van der Waals surface area contributed by atoms with Gasteiger partial charge in [-0.15, -0.1) is 16.8 Å². The van der Waals surface area contributed by atoms with E-state index < -0.39 is 0 Å². The molecule has 0 atom stereocenters. The van der Waals surface area contributed by atoms with Gasteiger partial charge in [-0.1, -0.05) is 35.5 Å². The summed E-state index contributed by atoms with van der Waals surface area (Å²) in [7, 11) is 0. The summed E-state index contributed by atoms with van der Waals surface area (Å²) in [6.07, 6.45) is 1.77. The van der Waals surface area contributed by atoms with Gasteiger partial charge in [0.2, 0.25) is 5.91 Å². The molecule has 0 spiro atoms. The molecule has 0 unspecified atom stereocenters. The van der Waals surface area contributed by atoms with Crippen LogP contribution in [0, 0.1) is 27.7 Å². The number of carbonyl (C=O) groups excluding carboxylic acids is 1. The van der Waals surface area contributed by atoms with Crippen molar-refractivity contribution in [2.75, 3.05) is 11.1 Å². The Balaban J connectivity index is 1.64. The van der Waals surface area contributed by atoms with Crippen LogP contribution in [-0.4, -0.2) is 26.4 Å². The number of aromatic nitrogens is 3. The maximum Gasteiger partial charge on any atom is 0.234 e. The molecule has 2 aromatic carbocycles. The van der Waals surface area contributed by atoms with E-state index in [4.69, 9.17) is 16.3 Å². The Kier molecular flexibility index (Phi) is 7.99. The van der Waals surface area contributed by atoms with Crippen LogP contribution < -0.4 is 10.1 Å². The number of nitrogens with one attached hydrogen (secondary N) is 1. The highest BCUT2D eigenvalue weighted by Gasteiger charge is 2.15. The van der Waals surface area contributed by atoms with Crippen molar-refractivity contribution in [3.8, 4) is 5.75 Å². The fourth-order valence-corrected chi connectivity index (χ4v) is 4.00. The van der Waals surface area contributed by atoms with Crippen LogP contribution in [0.4, 0.5) is 5.69 Å². The maximum atomic E-state index is 12.4. The van der Waals surface area contributed by atoms with Crippen LogP contribution in [0.3, 0.4) is 0 Å². The van der Waals surface area contributed by atoms with Gasteiger partial charge in [0.05, 0.1) is 5.75 Å². The third-order valence-corrected chi connectivity index (χ3v) is 6.57. The molecule has 0 aliphatic heterocycles. The Labute approximate surface area is 198 Å². The van der Waals surface area contributed by atoms with E-state index in [1.807, 2.05) is 62.6 Å². The summed E-state index contributed by atoms with van der Waals surface area (Å²) < 4.78 is 7.83. The first-order chi connectivity index (χ1) is 15.3. The van der Waals surface area contributed by atoms with Gasteiger partial charge in [0.15, 0.2) is 11.0 Å². The Morgan fingerprint density at radius 2 is 1.84 bits per heavy atom. The lowest BCUT2D eigenvalue weighted by atomic mass is 10.1. The predicted molar refractivity (Wildman–Crippen MR) is 131 cm³/mol. The van der Waals surface area contributed by atoms with Crippen molar-refractivity contribution in [3.05, 3.63) is 76.1 Å². The molecular weight excluding hydrogens is 444 g/mol. The number of hydrogen-bond donors (Lipinski definition) is 1. The number of anilines is 1. The third kappa shape index (κ3) is 5.93. The quantitative estimate of drug-likeness (QED) is 0.322. The van der Waals surface area contributed by atoms with Crippen molar-refractivity contribution in [3.63, 3.8) is 0 Å². The number of aryl methyl sites for hydroxylation is 4. The average Bonchev–Trinajstić information content (AvgIpc) is 3.13. The Bertz CT molecular complexity index is 1120. The number of benzene rings is 2. The summed E-state index contributed by atoms with van der Waals surface area (Å²) in [6.45, 7) is 12.5. The average molecular weight is 471 g/mol. The molecule has 32 heavy (non-hydrogen) atoms. The molecule has 0 aliphatic carbocycles. The second-order valence-electron chi connectivity index (χ2n) is 7.59. The predicted octanol–water partition coefficient (Wildman–Crippen LogP) is 5.66. The van der Waals surface area contributed by atoms with Gasteiger partial charge in [-0.2, -0.15) is 0 Å². The molecule has 0 bridgehead atoms. The molecule has 6 nitrogen and oxygen atoms in total. The van der Waals surface area contributed by atoms with E-state index in [-0.39, 0.29) is 18.3 Å². The van der Waals surface area contributed by atoms with Gasteiger partial charge < -0.3 is 10.1 Å². The van der Waals surface area contributed by atoms with Crippen molar-refractivity contribution in [1.29, 1.82) is 0 Å². The van der Waals surface area contributed by atoms with E-state index >= 15 is 0 Å². The fraction of sp³-hybridized carbons (Fsp3) is 0.292. The van der Waals surface area contributed by atoms with Crippen LogP contribution >= 0.6 is 23.4 Å². The highest BCUT2D eigenvalue weighted by atomic mass is 35.5. The summed E-state index contributed by atoms with van der Waals surface area (Å²) in [5.41, 5.74) is 5.03. The summed E-state index contributed by atoms with van der Waals surface area (Å²) in [6, 6.07) is 9.66. The second-order valence-corrected chi connectivity index (χ2v) is 8.91. The topological polar surface area (TPSA) is 69.0 Å². The number of nitrogens with zero attached hydrogens (tertiary/aromatic N) is 3. The number of thioether (sulfide) groups is 1. The molecule has 1 heterocycles. The number of rotatable bonds is 9. The summed E-state index contributed by atoms with van der Waals surface area (Å²) in [5, 5.41) is 12.8. The van der Waals surface area contributed by atoms with Gasteiger partial charge in [-0.05, 0) is 74.2 Å². The molecule has 0 aliphatic rings. The number of hydrogen-bond acceptors (Lipinski definition) is 5. The lowest BCUT2D eigenvalue weighted by Crippen LogP contribution is -2.15. The summed E-state index contributed by atoms with van der Waals surface area (Å²) in [5.74, 6) is 1.50. The Morgan fingerprint density at radius 3 is 2.50 bits per heavy atom. The van der Waals surface area contributed by atoms with E-state index in [1.165, 1.54) is 17.3 Å². The van der Waals surface area contributed by atoms with Crippen LogP contribution in [0.5, 0.6) is 5.75 Å². The summed E-state index contributed by atoms with van der Waals surface area (Å²) >= 11 is 7.56. The zero-order chi connectivity index (χ0) is 23.3. The van der Waals surface area contributed by atoms with Crippen LogP contribution in [0.2, 0.25) is 5.02 Å². The van der Waals surface area contributed by atoms with Crippen molar-refractivity contribution in [2.45, 2.75) is 46.0 Å². The fourth-order valence-electron chi connectivity index (χ4n) is 3.13. The molecule has 0 saturated heterocycles. The normalized spacial score (nSPS) is 10.8. The van der Waals surface area contributed by atoms with Gasteiger partial charge in [0.1, 0.15) is 12.4 Å². The minimum Gasteiger partial charge on any atom is -0.486 e. The highest BCUT2D eigenvalue weighted by Crippen LogP contribution is 2.27. The van der Waals surface area contributed by atoms with Gasteiger partial charge in [-0.25, -0.2) is 0 Å². The Morgan fingerprint density at radius 1 is 1.12 bits per heavy atom. The lowest BCUT2D eigenvalue weighted by molar-refractivity contribution is -0.113. The van der Waals surface area contributed by atoms with Gasteiger partial charge in [0, 0.05) is 17.3 Å². The van der Waals surface area contributed by atoms with Gasteiger partial charge in [0.25, 0.3) is 0 Å². The molecule has 1 aromatic heterocycles. The van der Waals surface area contributed by atoms with Gasteiger partial charge in [-0.3, -0.25) is 9.36 Å². The molecule has 0 saturated carbocycles. The molecular formula is C24H27ClN4O2S. The van der Waals surface area contributed by atoms with Crippen molar-refractivity contribution in [2.24, 2.45) is 0 Å². The molecule has 0 fully saturated rings. The molecule has 1 amide bonds. The van der Waals surface area contributed by atoms with E-state index in [0.29, 0.717) is 17.5 Å². The molecule has 3 rings (SSSR count). The van der Waals surface area contributed by atoms with Crippen molar-refractivity contribution in [1.82, 2.24) is 14.8 Å². The number of ether oxygens (including phenoxy) is 1. The first kappa shape index (κ1) is 23.9. The van der Waals surface area contributed by atoms with E-state index in [0.717, 1.165) is 33.1 Å². The van der Waals surface area contributed by atoms with Crippen LogP contribution in [0.25, 0.3) is 0 Å². The molecule has 168 valence electrons. The van der Waals surface area contributed by atoms with E-state index in [9.17, 15) is 4.79 Å². The van der Waals surface area contributed by atoms with Crippen molar-refractivity contribution >= 4 is 35.0 Å². The zero-order valence-electron chi connectivity index (χ0n) is 18.7. The number of carbonyl (C=O) groups is 1. The van der Waals surface area contributed by atoms with Gasteiger partial charge >= 0.3 is 0 Å². The van der Waals surface area contributed by atoms with Crippen LogP contribution in [-0.2, 0) is 17.9 Å². The SMILES string of the molecule is C=CCn1c(COc2cc(C)c(Cl)c(C)c2)nnc1SCC(=O)Nc1ccc(C)c(C)c1. The lowest BCUT2D eigenvalue weighted by Gasteiger charge is -2.11. The molecule has 0 radical (unpaired) electrons. The second kappa shape index (κ2) is 10.7. The standard InChI is InChI=1S/C24H27ClN4O2S/c1-6-9-29-21(13-31-20-11-17(4)23(25)18(5)12-20)27-28-24(29)32-14-22(30)26-19-8-7-15(2)16(3)10-19/h6-8,10-12H,1,9,13-14H2,2-5H3,(H,26,30). The highest BCUT2D eigenvalue weighted by molar-refractivity contribution is 7.99. The molecule has 8 heteroatoms. The van der Waals surface area contributed by atoms with E-state index in [2.05, 4.69) is 22.1 Å². The zero-order valence-corrected chi connectivity index (χ0v) is 20.3. The monoisotopic (exact) mass is 470 g/mol. The molecule has 3 aromatic rings. The number of allylic oxidation sites excluding steroid dienone is 1. The van der Waals surface area contributed by atoms with Crippen LogP contribution in [0.1, 0.15) is 28.1 Å². The number of halogens is 1. The minimum absolute atomic E-state index is 0.101. The first-order valence-corrected chi connectivity index (χ1v) is 11.6. The van der Waals surface area contributed by atoms with E-state index in [1.54, 1.807) is 6.08 Å². The van der Waals surface area contributed by atoms with Crippen molar-refractivity contribution < 1.29 is 9.53 Å². The third-order valence-electron chi connectivity index (χ3n) is 5.01. The first-order valence-electron chi connectivity index (χ1n) is 10.2. The molecule has 1 N–H and O–H groups in total. The smallest absolute Gasteiger partial charge is 0.234 e. The van der Waals surface area contributed by atoms with Crippen LogP contribution in [0.15, 0.2) is 48.1 Å².